The number of benzene rings is 4. The highest BCUT2D eigenvalue weighted by Gasteiger charge is 2.21. The predicted molar refractivity (Wildman–Crippen MR) is 179 cm³/mol. The van der Waals surface area contributed by atoms with Crippen LogP contribution in [0.15, 0.2) is 84.9 Å². The Bertz CT molecular complexity index is 1770. The van der Waals surface area contributed by atoms with Crippen LogP contribution < -0.4 is 10.1 Å². The zero-order valence-corrected chi connectivity index (χ0v) is 26.4. The number of carbonyl (C=O) groups is 1. The molecule has 0 saturated heterocycles. The molecule has 5 aromatic rings. The van der Waals surface area contributed by atoms with Crippen LogP contribution in [0.2, 0.25) is 0 Å². The van der Waals surface area contributed by atoms with Gasteiger partial charge in [-0.3, -0.25) is 10.00 Å². The third-order valence-electron chi connectivity index (χ3n) is 8.27. The third-order valence-corrected chi connectivity index (χ3v) is 8.27. The summed E-state index contributed by atoms with van der Waals surface area (Å²) in [5.41, 5.74) is 8.31. The number of rotatable bonds is 12. The number of amides is 1. The molecule has 1 heterocycles. The summed E-state index contributed by atoms with van der Waals surface area (Å²) in [7, 11) is 0. The van der Waals surface area contributed by atoms with Crippen LogP contribution in [0.3, 0.4) is 0 Å². The molecule has 0 fully saturated rings. The van der Waals surface area contributed by atoms with Crippen molar-refractivity contribution in [1.82, 2.24) is 14.7 Å². The maximum absolute atomic E-state index is 13.5. The van der Waals surface area contributed by atoms with Gasteiger partial charge in [0, 0.05) is 12.2 Å². The van der Waals surface area contributed by atoms with Crippen molar-refractivity contribution in [3.8, 4) is 17.0 Å². The molecule has 0 bridgehead atoms. The zero-order chi connectivity index (χ0) is 30.5. The standard InChI is InChI=1S/C36H37FN4O3.ClH/c1-3-40(4-2)19-8-20-43-35-33-22-29(17-18-34(33)41(39-35)23-25-13-15-28(37)16-14-25)38-36(42)44-24-27-10-7-12-31-30-11-6-5-9-26(30)21-32(27)31;/h5-7,9-18,22H,3-4,8,19-21,23-24H2,1-2H3,(H,38,42);1H. The average molecular weight is 629 g/mol. The van der Waals surface area contributed by atoms with Crippen molar-refractivity contribution in [1.29, 1.82) is 0 Å². The molecular formula is C36H38ClFN4O3. The van der Waals surface area contributed by atoms with Gasteiger partial charge in [-0.15, -0.1) is 17.5 Å². The lowest BCUT2D eigenvalue weighted by Gasteiger charge is -2.17. The molecule has 4 aromatic carbocycles. The summed E-state index contributed by atoms with van der Waals surface area (Å²) in [4.78, 5) is 15.3. The highest BCUT2D eigenvalue weighted by Crippen LogP contribution is 2.38. The molecule has 0 unspecified atom stereocenters. The predicted octanol–water partition coefficient (Wildman–Crippen LogP) is 8.08. The largest absolute Gasteiger partial charge is 0.476 e. The second-order valence-corrected chi connectivity index (χ2v) is 11.0. The van der Waals surface area contributed by atoms with Crippen LogP contribution >= 0.6 is 12.4 Å². The Morgan fingerprint density at radius 1 is 0.978 bits per heavy atom. The first-order chi connectivity index (χ1) is 21.5. The summed E-state index contributed by atoms with van der Waals surface area (Å²) in [6, 6.07) is 26.5. The Morgan fingerprint density at radius 3 is 2.56 bits per heavy atom. The minimum Gasteiger partial charge on any atom is -0.476 e. The number of halogens is 2. The lowest BCUT2D eigenvalue weighted by molar-refractivity contribution is 0.155. The monoisotopic (exact) mass is 628 g/mol. The van der Waals surface area contributed by atoms with E-state index in [0.717, 1.165) is 54.5 Å². The van der Waals surface area contributed by atoms with Gasteiger partial charge in [0.15, 0.2) is 0 Å². The number of hydrogen-bond donors (Lipinski definition) is 1. The third kappa shape index (κ3) is 7.30. The van der Waals surface area contributed by atoms with E-state index in [9.17, 15) is 9.18 Å². The summed E-state index contributed by atoms with van der Waals surface area (Å²) >= 11 is 0. The van der Waals surface area contributed by atoms with Crippen molar-refractivity contribution in [2.24, 2.45) is 0 Å². The van der Waals surface area contributed by atoms with E-state index in [2.05, 4.69) is 54.4 Å². The summed E-state index contributed by atoms with van der Waals surface area (Å²) in [5, 5.41) is 8.41. The summed E-state index contributed by atoms with van der Waals surface area (Å²) < 4.78 is 27.2. The van der Waals surface area contributed by atoms with E-state index in [0.29, 0.717) is 24.7 Å². The summed E-state index contributed by atoms with van der Waals surface area (Å²) in [6.45, 7) is 8.40. The minimum atomic E-state index is -0.530. The fraction of sp³-hybridized carbons (Fsp3) is 0.278. The Kier molecular flexibility index (Phi) is 10.4. The second kappa shape index (κ2) is 14.6. The molecule has 6 rings (SSSR count). The minimum absolute atomic E-state index is 0. The Morgan fingerprint density at radius 2 is 1.76 bits per heavy atom. The molecule has 0 radical (unpaired) electrons. The fourth-order valence-electron chi connectivity index (χ4n) is 5.87. The second-order valence-electron chi connectivity index (χ2n) is 11.0. The first-order valence-corrected chi connectivity index (χ1v) is 15.3. The topological polar surface area (TPSA) is 68.6 Å². The van der Waals surface area contributed by atoms with Crippen LogP contribution in [-0.4, -0.2) is 47.0 Å². The van der Waals surface area contributed by atoms with Crippen molar-refractivity contribution in [2.45, 2.75) is 39.8 Å². The molecule has 1 N–H and O–H groups in total. The van der Waals surface area contributed by atoms with Crippen LogP contribution in [0.4, 0.5) is 14.9 Å². The molecule has 1 aliphatic carbocycles. The van der Waals surface area contributed by atoms with Gasteiger partial charge < -0.3 is 14.4 Å². The number of fused-ring (bicyclic) bond motifs is 4. The van der Waals surface area contributed by atoms with Gasteiger partial charge in [-0.1, -0.05) is 68.4 Å². The first-order valence-electron chi connectivity index (χ1n) is 15.3. The van der Waals surface area contributed by atoms with Crippen LogP contribution in [0.1, 0.15) is 42.5 Å². The molecule has 234 valence electrons. The number of hydrogen-bond acceptors (Lipinski definition) is 5. The van der Waals surface area contributed by atoms with Gasteiger partial charge >= 0.3 is 6.09 Å². The van der Waals surface area contributed by atoms with Gasteiger partial charge in [-0.2, -0.15) is 0 Å². The number of anilines is 1. The van der Waals surface area contributed by atoms with E-state index in [1.54, 1.807) is 12.1 Å². The molecule has 1 amide bonds. The van der Waals surface area contributed by atoms with Gasteiger partial charge in [0.05, 0.1) is 24.1 Å². The van der Waals surface area contributed by atoms with Crippen molar-refractivity contribution >= 4 is 35.1 Å². The maximum atomic E-state index is 13.5. The van der Waals surface area contributed by atoms with E-state index in [1.807, 2.05) is 35.0 Å². The molecule has 45 heavy (non-hydrogen) atoms. The van der Waals surface area contributed by atoms with Gasteiger partial charge in [0.1, 0.15) is 12.4 Å². The number of aromatic nitrogens is 2. The van der Waals surface area contributed by atoms with E-state index in [4.69, 9.17) is 14.6 Å². The normalized spacial score (nSPS) is 11.6. The Labute approximate surface area is 269 Å². The van der Waals surface area contributed by atoms with Crippen molar-refractivity contribution in [3.63, 3.8) is 0 Å². The van der Waals surface area contributed by atoms with Gasteiger partial charge in [-0.05, 0) is 89.6 Å². The molecular weight excluding hydrogens is 591 g/mol. The van der Waals surface area contributed by atoms with Crippen LogP contribution in [-0.2, 0) is 24.3 Å². The molecule has 0 atom stereocenters. The maximum Gasteiger partial charge on any atom is 0.411 e. The number of carbonyl (C=O) groups excluding carboxylic acids is 1. The van der Waals surface area contributed by atoms with E-state index in [1.165, 1.54) is 34.4 Å². The lowest BCUT2D eigenvalue weighted by Crippen LogP contribution is -2.25. The molecule has 9 heteroatoms. The fourth-order valence-corrected chi connectivity index (χ4v) is 5.87. The van der Waals surface area contributed by atoms with E-state index >= 15 is 0 Å². The smallest absolute Gasteiger partial charge is 0.411 e. The van der Waals surface area contributed by atoms with Gasteiger partial charge in [0.25, 0.3) is 0 Å². The lowest BCUT2D eigenvalue weighted by atomic mass is 10.0. The quantitative estimate of drug-likeness (QED) is 0.139. The van der Waals surface area contributed by atoms with E-state index < -0.39 is 6.09 Å². The van der Waals surface area contributed by atoms with Crippen molar-refractivity contribution in [2.75, 3.05) is 31.6 Å². The zero-order valence-electron chi connectivity index (χ0n) is 25.6. The molecule has 1 aliphatic rings. The average Bonchev–Trinajstić information content (AvgIpc) is 3.59. The van der Waals surface area contributed by atoms with Crippen molar-refractivity contribution in [3.05, 3.63) is 113 Å². The first kappa shape index (κ1) is 32.0. The SMILES string of the molecule is CCN(CC)CCCOc1nn(Cc2ccc(F)cc2)c2ccc(NC(=O)OCc3cccc4c3Cc3ccccc3-4)cc12.Cl. The Hall–Kier alpha value is -4.40. The number of nitrogens with one attached hydrogen (secondary N) is 1. The van der Waals surface area contributed by atoms with E-state index in [-0.39, 0.29) is 24.8 Å². The molecule has 1 aromatic heterocycles. The summed E-state index contributed by atoms with van der Waals surface area (Å²) in [5.74, 6) is 0.221. The number of nitrogens with zero attached hydrogens (tertiary/aromatic N) is 3. The van der Waals surface area contributed by atoms with Crippen molar-refractivity contribution < 1.29 is 18.7 Å². The van der Waals surface area contributed by atoms with Gasteiger partial charge in [0.2, 0.25) is 5.88 Å². The highest BCUT2D eigenvalue weighted by atomic mass is 35.5. The number of ether oxygens (including phenoxy) is 2. The molecule has 0 aliphatic heterocycles. The van der Waals surface area contributed by atoms with Gasteiger partial charge in [-0.25, -0.2) is 9.18 Å². The molecule has 0 spiro atoms. The van der Waals surface area contributed by atoms with Crippen LogP contribution in [0, 0.1) is 5.82 Å². The molecule has 7 nitrogen and oxygen atoms in total. The molecule has 0 saturated carbocycles. The Balaban J connectivity index is 0.00000400. The van der Waals surface area contributed by atoms with Crippen LogP contribution in [0.25, 0.3) is 22.0 Å². The van der Waals surface area contributed by atoms with Crippen LogP contribution in [0.5, 0.6) is 5.88 Å². The summed E-state index contributed by atoms with van der Waals surface area (Å²) in [6.07, 6.45) is 1.17. The highest BCUT2D eigenvalue weighted by molar-refractivity contribution is 5.92.